The van der Waals surface area contributed by atoms with E-state index in [1.807, 2.05) is 0 Å². The van der Waals surface area contributed by atoms with Crippen LogP contribution in [-0.2, 0) is 37.9 Å². The Kier molecular flexibility index (Phi) is 19.4. The Morgan fingerprint density at radius 2 is 0.500 bits per heavy atom. The smallest absolute Gasteiger partial charge is 0.0543 e. The maximum Gasteiger partial charge on any atom is 0.0543 e. The van der Waals surface area contributed by atoms with Crippen LogP contribution in [0.1, 0.15) is 141 Å². The number of fused-ring (bicyclic) bond motifs is 28. The zero-order valence-corrected chi connectivity index (χ0v) is 79.2. The monoisotopic (exact) mass is 1730 g/mol. The van der Waals surface area contributed by atoms with Crippen LogP contribution >= 0.6 is 0 Å². The number of hydrogen-bond acceptors (Lipinski definition) is 3. The van der Waals surface area contributed by atoms with E-state index in [-0.39, 0.29) is 37.9 Å². The molecular formula is C131H111N3. The molecule has 0 atom stereocenters. The third kappa shape index (κ3) is 12.7. The number of hydrogen-bond donors (Lipinski definition) is 0. The third-order valence-electron chi connectivity index (χ3n) is 32.9. The fourth-order valence-electron chi connectivity index (χ4n) is 23.9. The second-order valence-electron chi connectivity index (χ2n) is 41.4. The minimum absolute atomic E-state index is 0.0695. The molecule has 0 bridgehead atoms. The van der Waals surface area contributed by atoms with Gasteiger partial charge in [-0.3, -0.25) is 0 Å². The molecule has 21 aromatic rings. The Bertz CT molecular complexity index is 8240. The van der Waals surface area contributed by atoms with Crippen LogP contribution in [0.2, 0.25) is 0 Å². The van der Waals surface area contributed by atoms with Crippen molar-refractivity contribution < 1.29 is 0 Å². The molecule has 0 N–H and O–H groups in total. The molecule has 3 heteroatoms. The van der Waals surface area contributed by atoms with Gasteiger partial charge in [0.15, 0.2) is 0 Å². The molecule has 0 radical (unpaired) electrons. The van der Waals surface area contributed by atoms with Crippen molar-refractivity contribution in [1.29, 1.82) is 0 Å². The van der Waals surface area contributed by atoms with E-state index in [4.69, 9.17) is 0 Å². The van der Waals surface area contributed by atoms with Crippen LogP contribution in [-0.4, -0.2) is 0 Å². The molecule has 4 aliphatic rings. The maximum atomic E-state index is 2.52. The first-order valence-electron chi connectivity index (χ1n) is 47.9. The SMILES string of the molecule is CC1(C)c2ccc(N(c3ccccc3)c3ccccc3)cc2-c2cc3c4ccccc4c4ccccc4c3cc2C1(C)C.CC1(C)c2cccc(N(c3ccccc3)c3ccccc3)c2-c2ccc3ccc4c5ccccc5ccc4c3c2C1(C)C.CC1(C)c2ccccc2-c2ccc(N(c3ccccc3)c3ccc4c(c3)-c3ccc5c(ccc6ccccc65)c3C(C)(C)C4(C)C)cc21. The molecule has 21 aromatic carbocycles. The summed E-state index contributed by atoms with van der Waals surface area (Å²) in [5.74, 6) is 0. The summed E-state index contributed by atoms with van der Waals surface area (Å²) >= 11 is 0. The van der Waals surface area contributed by atoms with Crippen LogP contribution in [0.5, 0.6) is 0 Å². The molecule has 0 saturated carbocycles. The molecule has 0 heterocycles. The first kappa shape index (κ1) is 83.4. The van der Waals surface area contributed by atoms with Crippen LogP contribution in [0, 0.1) is 0 Å². The summed E-state index contributed by atoms with van der Waals surface area (Å²) < 4.78 is 0. The van der Waals surface area contributed by atoms with E-state index in [2.05, 4.69) is 530 Å². The van der Waals surface area contributed by atoms with Crippen molar-refractivity contribution in [3.8, 4) is 44.5 Å². The first-order valence-corrected chi connectivity index (χ1v) is 47.9. The Labute approximate surface area is 789 Å². The molecule has 3 nitrogen and oxygen atoms in total. The maximum absolute atomic E-state index is 2.52. The van der Waals surface area contributed by atoms with Crippen molar-refractivity contribution in [2.45, 2.75) is 135 Å². The topological polar surface area (TPSA) is 9.72 Å². The summed E-state index contributed by atoms with van der Waals surface area (Å²) in [5, 5.41) is 21.2. The van der Waals surface area contributed by atoms with E-state index in [0.717, 1.165) is 28.4 Å². The van der Waals surface area contributed by atoms with E-state index in [1.165, 1.54) is 198 Å². The van der Waals surface area contributed by atoms with E-state index in [1.54, 1.807) is 0 Å². The van der Waals surface area contributed by atoms with Gasteiger partial charge in [0.05, 0.1) is 5.69 Å². The molecule has 0 unspecified atom stereocenters. The molecule has 0 spiro atoms. The molecule has 650 valence electrons. The summed E-state index contributed by atoms with van der Waals surface area (Å²) in [5.41, 5.74) is 31.9. The van der Waals surface area contributed by atoms with Crippen molar-refractivity contribution in [2.24, 2.45) is 0 Å². The third-order valence-corrected chi connectivity index (χ3v) is 32.9. The van der Waals surface area contributed by atoms with Gasteiger partial charge in [0, 0.05) is 67.3 Å². The largest absolute Gasteiger partial charge is 0.310 e. The second kappa shape index (κ2) is 31.1. The van der Waals surface area contributed by atoms with Crippen molar-refractivity contribution in [1.82, 2.24) is 0 Å². The van der Waals surface area contributed by atoms with Crippen LogP contribution in [0.15, 0.2) is 419 Å². The van der Waals surface area contributed by atoms with Gasteiger partial charge in [-0.25, -0.2) is 0 Å². The molecule has 0 aromatic heterocycles. The second-order valence-corrected chi connectivity index (χ2v) is 41.4. The molecular weight excluding hydrogens is 1620 g/mol. The van der Waals surface area contributed by atoms with Gasteiger partial charge >= 0.3 is 0 Å². The molecule has 0 fully saturated rings. The fraction of sp³-hybridized carbons (Fsp3) is 0.160. The average Bonchev–Trinajstić information content (AvgIpc) is 1.31. The van der Waals surface area contributed by atoms with Crippen LogP contribution in [0.3, 0.4) is 0 Å². The van der Waals surface area contributed by atoms with E-state index in [0.29, 0.717) is 0 Å². The number of para-hydroxylation sites is 5. The summed E-state index contributed by atoms with van der Waals surface area (Å²) in [6.07, 6.45) is 0. The molecule has 134 heavy (non-hydrogen) atoms. The molecule has 0 saturated heterocycles. The zero-order valence-electron chi connectivity index (χ0n) is 79.2. The van der Waals surface area contributed by atoms with E-state index >= 15 is 0 Å². The van der Waals surface area contributed by atoms with Crippen molar-refractivity contribution >= 4 is 137 Å². The average molecular weight is 1730 g/mol. The van der Waals surface area contributed by atoms with E-state index in [9.17, 15) is 0 Å². The van der Waals surface area contributed by atoms with E-state index < -0.39 is 0 Å². The van der Waals surface area contributed by atoms with Gasteiger partial charge in [-0.2, -0.15) is 0 Å². The number of rotatable bonds is 9. The molecule has 4 aliphatic carbocycles. The van der Waals surface area contributed by atoms with Crippen LogP contribution in [0.4, 0.5) is 51.2 Å². The van der Waals surface area contributed by atoms with Gasteiger partial charge in [0.1, 0.15) is 0 Å². The molecule has 0 amide bonds. The predicted octanol–water partition coefficient (Wildman–Crippen LogP) is 36.7. The Balaban J connectivity index is 0.000000114. The number of benzene rings is 21. The highest BCUT2D eigenvalue weighted by Crippen LogP contribution is 2.63. The number of anilines is 9. The van der Waals surface area contributed by atoms with Gasteiger partial charge in [-0.15, -0.1) is 0 Å². The van der Waals surface area contributed by atoms with Gasteiger partial charge in [0.2, 0.25) is 0 Å². The zero-order chi connectivity index (χ0) is 91.7. The molecule has 25 rings (SSSR count). The Morgan fingerprint density at radius 3 is 1.05 bits per heavy atom. The van der Waals surface area contributed by atoms with Crippen LogP contribution in [0.25, 0.3) is 131 Å². The minimum atomic E-state index is -0.127. The van der Waals surface area contributed by atoms with Gasteiger partial charge in [-0.05, 0) is 307 Å². The lowest BCUT2D eigenvalue weighted by molar-refractivity contribution is 0.299. The fourth-order valence-corrected chi connectivity index (χ4v) is 23.9. The normalized spacial score (nSPS) is 15.4. The lowest BCUT2D eigenvalue weighted by atomic mass is 9.54. The lowest BCUT2D eigenvalue weighted by Crippen LogP contribution is -2.44. The Morgan fingerprint density at radius 1 is 0.157 bits per heavy atom. The highest BCUT2D eigenvalue weighted by molar-refractivity contribution is 6.27. The van der Waals surface area contributed by atoms with Gasteiger partial charge in [-0.1, -0.05) is 400 Å². The summed E-state index contributed by atoms with van der Waals surface area (Å²) in [6, 6.07) is 155. The Hall–Kier alpha value is -14.9. The van der Waals surface area contributed by atoms with Crippen molar-refractivity contribution in [2.75, 3.05) is 14.7 Å². The minimum Gasteiger partial charge on any atom is -0.310 e. The van der Waals surface area contributed by atoms with Gasteiger partial charge < -0.3 is 14.7 Å². The highest BCUT2D eigenvalue weighted by Gasteiger charge is 2.51. The predicted molar refractivity (Wildman–Crippen MR) is 575 cm³/mol. The van der Waals surface area contributed by atoms with Crippen molar-refractivity contribution in [3.05, 3.63) is 463 Å². The lowest BCUT2D eigenvalue weighted by Gasteiger charge is -2.50. The summed E-state index contributed by atoms with van der Waals surface area (Å²) in [7, 11) is 0. The standard InChI is InChI=1S/C47H41N.2C42H35N/c1-45(2)41-19-13-12-18-36(41)37-24-21-33(29-43(37)45)48(31-15-8-7-9-16-31)32-22-27-42-40(28-32)39-26-25-35-34-17-11-10-14-30(34)20-23-38(35)44(39)47(5,6)46(42,3)4;1-41(2)39-24-23-30(43(28-15-7-5-8-16-28)29-17-9-6-10-18-29)25-37(39)38-26-35-33-21-13-11-19-31(33)32-20-12-14-22-34(32)36(35)27-40(38)42(41,3)4;1-41(2)36-20-13-21-37(43(30-15-7-5-8-16-30)31-17-9-6-10-18-31)39(36)35-27-24-29-23-25-33-32-19-12-11-14-28(32)22-26-34(33)38(29)40(35)42(41,3)4/h7-29H,1-6H3;2*5-27H,1-4H3. The highest BCUT2D eigenvalue weighted by atomic mass is 15.2. The number of nitrogens with zero attached hydrogens (tertiary/aromatic N) is 3. The van der Waals surface area contributed by atoms with Crippen molar-refractivity contribution in [3.63, 3.8) is 0 Å². The molecule has 0 aliphatic heterocycles. The summed E-state index contributed by atoms with van der Waals surface area (Å²) in [6.45, 7) is 34.0. The first-order chi connectivity index (χ1) is 64.8. The summed E-state index contributed by atoms with van der Waals surface area (Å²) in [4.78, 5) is 7.25. The quantitative estimate of drug-likeness (QED) is 0.133. The van der Waals surface area contributed by atoms with Gasteiger partial charge in [0.25, 0.3) is 0 Å². The van der Waals surface area contributed by atoms with Crippen LogP contribution < -0.4 is 14.7 Å².